The van der Waals surface area contributed by atoms with Crippen LogP contribution in [-0.4, -0.2) is 0 Å². The maximum atomic E-state index is 5.52. The van der Waals surface area contributed by atoms with Crippen molar-refractivity contribution in [2.24, 2.45) is 0 Å². The number of hydrogen-bond acceptors (Lipinski definition) is 2. The summed E-state index contributed by atoms with van der Waals surface area (Å²) < 4.78 is 0. The molecule has 0 atom stereocenters. The van der Waals surface area contributed by atoms with E-state index in [1.165, 1.54) is 33.6 Å². The summed E-state index contributed by atoms with van der Waals surface area (Å²) in [4.78, 5) is 4.40. The van der Waals surface area contributed by atoms with Crippen LogP contribution >= 0.6 is 11.6 Å². The van der Waals surface area contributed by atoms with E-state index >= 15 is 0 Å². The van der Waals surface area contributed by atoms with Gasteiger partial charge in [-0.1, -0.05) is 96.8 Å². The normalized spacial score (nSPS) is 12.9. The quantitative estimate of drug-likeness (QED) is 0.187. The molecule has 1 aliphatic heterocycles. The molecule has 0 bridgehead atoms. The van der Waals surface area contributed by atoms with Gasteiger partial charge in [-0.15, -0.1) is 11.6 Å². The number of hydrogen-bond donors (Lipinski definition) is 0. The van der Waals surface area contributed by atoms with Gasteiger partial charge in [0.05, 0.1) is 11.4 Å². The Morgan fingerprint density at radius 1 is 0.595 bits per heavy atom. The Morgan fingerprint density at radius 3 is 1.16 bits per heavy atom. The van der Waals surface area contributed by atoms with Gasteiger partial charge < -0.3 is 9.80 Å². The first kappa shape index (κ1) is 31.2. The SMILES string of the molecule is CC(C)c1cccc(C(C)C)c1N1[C]N(c2c(C(C)C)cccc2C(C)C)C=C1.Clc1cc[c-]cc1.[Au+]. The van der Waals surface area contributed by atoms with Crippen molar-refractivity contribution in [2.45, 2.75) is 79.1 Å². The van der Waals surface area contributed by atoms with Crippen LogP contribution in [0.2, 0.25) is 5.02 Å². The minimum atomic E-state index is 0. The molecule has 0 amide bonds. The molecule has 2 radical (unpaired) electrons. The summed E-state index contributed by atoms with van der Waals surface area (Å²) in [7, 11) is 0. The maximum Gasteiger partial charge on any atom is 1.00 e. The van der Waals surface area contributed by atoms with E-state index in [0.717, 1.165) is 5.02 Å². The van der Waals surface area contributed by atoms with Crippen molar-refractivity contribution in [3.8, 4) is 0 Å². The monoisotopic (exact) mass is 696 g/mol. The molecule has 0 fully saturated rings. The van der Waals surface area contributed by atoms with E-state index in [0.29, 0.717) is 23.7 Å². The molecular formula is C33H40AuClN2. The van der Waals surface area contributed by atoms with Crippen LogP contribution in [0.15, 0.2) is 73.1 Å². The van der Waals surface area contributed by atoms with Crippen LogP contribution in [0.4, 0.5) is 11.4 Å². The predicted molar refractivity (Wildman–Crippen MR) is 157 cm³/mol. The molecule has 0 aromatic heterocycles. The van der Waals surface area contributed by atoms with Gasteiger partial charge in [0.25, 0.3) is 0 Å². The number of anilines is 2. The van der Waals surface area contributed by atoms with Crippen molar-refractivity contribution in [3.05, 3.63) is 113 Å². The fourth-order valence-corrected chi connectivity index (χ4v) is 4.64. The van der Waals surface area contributed by atoms with Gasteiger partial charge in [0.15, 0.2) is 0 Å². The first-order chi connectivity index (χ1) is 17.1. The zero-order chi connectivity index (χ0) is 26.4. The molecule has 1 heterocycles. The molecule has 37 heavy (non-hydrogen) atoms. The van der Waals surface area contributed by atoms with Crippen molar-refractivity contribution in [3.63, 3.8) is 0 Å². The summed E-state index contributed by atoms with van der Waals surface area (Å²) in [6.45, 7) is 21.8. The van der Waals surface area contributed by atoms with Crippen LogP contribution in [0.5, 0.6) is 0 Å². The van der Waals surface area contributed by atoms with E-state index < -0.39 is 0 Å². The Kier molecular flexibility index (Phi) is 12.0. The molecular weight excluding hydrogens is 657 g/mol. The number of benzene rings is 3. The Bertz CT molecular complexity index is 1030. The van der Waals surface area contributed by atoms with Crippen molar-refractivity contribution < 1.29 is 22.4 Å². The molecule has 1 aliphatic rings. The first-order valence-corrected chi connectivity index (χ1v) is 13.4. The van der Waals surface area contributed by atoms with Crippen LogP contribution < -0.4 is 9.80 Å². The second-order valence-corrected chi connectivity index (χ2v) is 11.0. The Balaban J connectivity index is 0.000000520. The van der Waals surface area contributed by atoms with Crippen LogP contribution in [0.25, 0.3) is 0 Å². The molecule has 0 saturated carbocycles. The summed E-state index contributed by atoms with van der Waals surface area (Å²) in [5, 5.41) is 0.763. The molecule has 0 aliphatic carbocycles. The largest absolute Gasteiger partial charge is 1.00 e. The Morgan fingerprint density at radius 2 is 0.919 bits per heavy atom. The van der Waals surface area contributed by atoms with E-state index in [1.54, 1.807) is 24.3 Å². The minimum Gasteiger partial charge on any atom is -0.315 e. The summed E-state index contributed by atoms with van der Waals surface area (Å²) in [6.07, 6.45) is 4.32. The smallest absolute Gasteiger partial charge is 0.315 e. The summed E-state index contributed by atoms with van der Waals surface area (Å²) in [5.74, 6) is 1.84. The molecule has 3 aromatic carbocycles. The van der Waals surface area contributed by atoms with Crippen LogP contribution in [0.3, 0.4) is 0 Å². The summed E-state index contributed by atoms with van der Waals surface area (Å²) in [6, 6.07) is 23.4. The van der Waals surface area contributed by atoms with Gasteiger partial charge in [0.2, 0.25) is 6.67 Å². The second kappa shape index (κ2) is 14.3. The molecule has 4 rings (SSSR count). The molecule has 0 spiro atoms. The average Bonchev–Trinajstić information content (AvgIpc) is 3.33. The molecule has 2 nitrogen and oxygen atoms in total. The summed E-state index contributed by atoms with van der Waals surface area (Å²) >= 11 is 5.52. The van der Waals surface area contributed by atoms with Crippen LogP contribution in [-0.2, 0) is 22.4 Å². The van der Waals surface area contributed by atoms with E-state index in [9.17, 15) is 0 Å². The maximum absolute atomic E-state index is 5.52. The third kappa shape index (κ3) is 7.77. The minimum absolute atomic E-state index is 0. The molecule has 0 N–H and O–H groups in total. The van der Waals surface area contributed by atoms with Crippen molar-refractivity contribution >= 4 is 23.0 Å². The van der Waals surface area contributed by atoms with Crippen molar-refractivity contribution in [1.82, 2.24) is 0 Å². The van der Waals surface area contributed by atoms with Gasteiger partial charge in [-0.25, -0.2) is 0 Å². The zero-order valence-electron chi connectivity index (χ0n) is 23.3. The number of nitrogens with zero attached hydrogens (tertiary/aromatic N) is 2. The molecule has 3 aromatic rings. The third-order valence-corrected chi connectivity index (χ3v) is 6.68. The van der Waals surface area contributed by atoms with E-state index in [-0.39, 0.29) is 22.4 Å². The first-order valence-electron chi connectivity index (χ1n) is 13.0. The average molecular weight is 697 g/mol. The van der Waals surface area contributed by atoms with Gasteiger partial charge in [-0.3, -0.25) is 0 Å². The molecule has 0 unspecified atom stereocenters. The second-order valence-electron chi connectivity index (χ2n) is 10.5. The van der Waals surface area contributed by atoms with E-state index in [2.05, 4.69) is 127 Å². The van der Waals surface area contributed by atoms with Gasteiger partial charge in [0, 0.05) is 12.4 Å². The standard InChI is InChI=1S/C27H36N2.C6H4Cl.Au/c1-18(2)22-11-9-12-23(19(3)4)26(22)28-15-16-29(17-28)27-24(20(5)6)13-10-14-25(27)21(7)8;7-6-4-2-1-3-5-6;/h9-16,18-21H,1-8H3;2-5H;/q;-1;+1. The van der Waals surface area contributed by atoms with Crippen molar-refractivity contribution in [2.75, 3.05) is 9.80 Å². The Labute approximate surface area is 246 Å². The fourth-order valence-electron chi connectivity index (χ4n) is 4.51. The van der Waals surface area contributed by atoms with Gasteiger partial charge in [0.1, 0.15) is 0 Å². The Hall–Kier alpha value is -1.97. The number of para-hydroxylation sites is 2. The van der Waals surface area contributed by atoms with Gasteiger partial charge >= 0.3 is 22.4 Å². The zero-order valence-corrected chi connectivity index (χ0v) is 26.2. The predicted octanol–water partition coefficient (Wildman–Crippen LogP) is 10.1. The van der Waals surface area contributed by atoms with Crippen LogP contribution in [0, 0.1) is 12.7 Å². The van der Waals surface area contributed by atoms with Gasteiger partial charge in [-0.2, -0.15) is 30.3 Å². The summed E-state index contributed by atoms with van der Waals surface area (Å²) in [5.41, 5.74) is 8.05. The molecule has 200 valence electrons. The van der Waals surface area contributed by atoms with E-state index in [1.807, 2.05) is 0 Å². The number of rotatable bonds is 6. The van der Waals surface area contributed by atoms with Crippen LogP contribution in [0.1, 0.15) is 101 Å². The third-order valence-electron chi connectivity index (χ3n) is 6.42. The van der Waals surface area contributed by atoms with E-state index in [4.69, 9.17) is 11.6 Å². The number of halogens is 1. The topological polar surface area (TPSA) is 6.48 Å². The molecule has 0 saturated heterocycles. The fraction of sp³-hybridized carbons (Fsp3) is 0.364. The molecule has 4 heteroatoms. The van der Waals surface area contributed by atoms with Crippen molar-refractivity contribution in [1.29, 1.82) is 0 Å². The van der Waals surface area contributed by atoms with Gasteiger partial charge in [-0.05, 0) is 45.9 Å².